The molecule has 0 aliphatic carbocycles. The summed E-state index contributed by atoms with van der Waals surface area (Å²) in [5.74, 6) is -0.271. The highest BCUT2D eigenvalue weighted by atomic mass is 32.2. The maximum absolute atomic E-state index is 13.2. The fourth-order valence-electron chi connectivity index (χ4n) is 5.25. The number of sulfonamides is 1. The summed E-state index contributed by atoms with van der Waals surface area (Å²) in [7, 11) is -3.85. The normalized spacial score (nSPS) is 14.4. The number of nitrogens with zero attached hydrogens (tertiary/aromatic N) is 4. The highest BCUT2D eigenvalue weighted by molar-refractivity contribution is 7.89. The Morgan fingerprint density at radius 2 is 1.59 bits per heavy atom. The van der Waals surface area contributed by atoms with Crippen molar-refractivity contribution in [3.05, 3.63) is 71.8 Å². The molecule has 0 saturated carbocycles. The Morgan fingerprint density at radius 1 is 0.913 bits per heavy atom. The largest absolute Gasteiger partial charge is 0.405 e. The van der Waals surface area contributed by atoms with Crippen molar-refractivity contribution in [2.45, 2.75) is 49.8 Å². The van der Waals surface area contributed by atoms with Crippen LogP contribution in [-0.2, 0) is 16.6 Å². The number of alkyl halides is 3. The molecular weight excluding hydrogens is 621 g/mol. The van der Waals surface area contributed by atoms with Crippen LogP contribution in [-0.4, -0.2) is 72.1 Å². The number of benzene rings is 2. The first-order chi connectivity index (χ1) is 21.6. The average molecular weight is 657 g/mol. The van der Waals surface area contributed by atoms with Gasteiger partial charge in [-0.25, -0.2) is 23.5 Å². The number of hydrogen-bond donors (Lipinski definition) is 4. The van der Waals surface area contributed by atoms with E-state index in [1.807, 2.05) is 13.8 Å². The smallest absolute Gasteiger partial charge is 0.359 e. The Balaban J connectivity index is 1.34. The number of halogens is 3. The van der Waals surface area contributed by atoms with E-state index in [9.17, 15) is 26.4 Å². The highest BCUT2D eigenvalue weighted by Crippen LogP contribution is 2.27. The Labute approximate surface area is 264 Å². The number of rotatable bonds is 11. The molecule has 1 fully saturated rings. The van der Waals surface area contributed by atoms with Gasteiger partial charge in [-0.3, -0.25) is 4.79 Å². The van der Waals surface area contributed by atoms with E-state index in [0.29, 0.717) is 27.9 Å². The Morgan fingerprint density at radius 3 is 2.22 bits per heavy atom. The monoisotopic (exact) mass is 656 g/mol. The zero-order chi connectivity index (χ0) is 33.1. The first kappa shape index (κ1) is 33.0. The number of carbonyl (C=O) groups is 1. The molecular formula is C31H35F3N8O3S. The summed E-state index contributed by atoms with van der Waals surface area (Å²) < 4.78 is 62.5. The minimum absolute atomic E-state index is 0.0465. The summed E-state index contributed by atoms with van der Waals surface area (Å²) in [6, 6.07) is 16.0. The average Bonchev–Trinajstić information content (AvgIpc) is 3.50. The summed E-state index contributed by atoms with van der Waals surface area (Å²) in [4.78, 5) is 28.5. The number of pyridine rings is 1. The third-order valence-corrected chi connectivity index (χ3v) is 8.34. The predicted octanol–water partition coefficient (Wildman–Crippen LogP) is 4.53. The number of carbonyl (C=O) groups excluding carboxylic acids is 1. The SMILES string of the molecule is CC(C)(CN1CCCC1)NC(=O)c1ccc(-c2ccc3nc(NCc4ccc(S(N)(=O)=O)cc4)nc(NCC(F)(F)F)c3n2)cc1. The van der Waals surface area contributed by atoms with Crippen molar-refractivity contribution in [1.82, 2.24) is 25.2 Å². The minimum Gasteiger partial charge on any atom is -0.359 e. The zero-order valence-electron chi connectivity index (χ0n) is 25.4. The van der Waals surface area contributed by atoms with Crippen LogP contribution < -0.4 is 21.1 Å². The van der Waals surface area contributed by atoms with Gasteiger partial charge in [0, 0.05) is 29.8 Å². The standard InChI is InChI=1S/C31H35F3N8O3S/c1-30(2,19-42-15-3-4-16-42)41-28(43)22-9-7-21(8-10-22)24-13-14-25-26(38-24)27(37-18-31(32,33)34)40-29(39-25)36-17-20-5-11-23(12-6-20)46(35,44)45/h5-14H,3-4,15-19H2,1-2H3,(H,41,43)(H2,35,44,45)(H2,36,37,39,40). The van der Waals surface area contributed by atoms with Crippen LogP contribution in [0.25, 0.3) is 22.3 Å². The second-order valence-corrected chi connectivity index (χ2v) is 13.4. The number of nitrogens with two attached hydrogens (primary N) is 1. The fourth-order valence-corrected chi connectivity index (χ4v) is 5.77. The number of aromatic nitrogens is 3. The first-order valence-corrected chi connectivity index (χ1v) is 16.2. The van der Waals surface area contributed by atoms with Crippen LogP contribution >= 0.6 is 0 Å². The molecule has 5 rings (SSSR count). The van der Waals surface area contributed by atoms with Crippen molar-refractivity contribution in [3.63, 3.8) is 0 Å². The van der Waals surface area contributed by atoms with Gasteiger partial charge in [-0.05, 0) is 81.7 Å². The van der Waals surface area contributed by atoms with E-state index in [2.05, 4.69) is 35.8 Å². The van der Waals surface area contributed by atoms with Crippen LogP contribution in [0.2, 0.25) is 0 Å². The van der Waals surface area contributed by atoms with Crippen molar-refractivity contribution < 1.29 is 26.4 Å². The molecule has 1 aliphatic rings. The van der Waals surface area contributed by atoms with Crippen LogP contribution in [0.5, 0.6) is 0 Å². The molecule has 3 heterocycles. The van der Waals surface area contributed by atoms with E-state index < -0.39 is 28.3 Å². The second kappa shape index (κ2) is 13.2. The summed E-state index contributed by atoms with van der Waals surface area (Å²) in [6.45, 7) is 5.64. The van der Waals surface area contributed by atoms with Crippen molar-refractivity contribution in [2.75, 3.05) is 36.8 Å². The molecule has 0 radical (unpaired) electrons. The fraction of sp³-hybridized carbons (Fsp3) is 0.355. The number of likely N-dealkylation sites (tertiary alicyclic amines) is 1. The lowest BCUT2D eigenvalue weighted by molar-refractivity contribution is -0.115. The Bertz CT molecular complexity index is 1810. The molecule has 46 heavy (non-hydrogen) atoms. The maximum atomic E-state index is 13.2. The predicted molar refractivity (Wildman–Crippen MR) is 170 cm³/mol. The van der Waals surface area contributed by atoms with Gasteiger partial charge in [0.15, 0.2) is 5.82 Å². The van der Waals surface area contributed by atoms with Crippen molar-refractivity contribution >= 4 is 38.7 Å². The molecule has 0 bridgehead atoms. The van der Waals surface area contributed by atoms with E-state index in [1.165, 1.54) is 25.0 Å². The van der Waals surface area contributed by atoms with E-state index in [1.54, 1.807) is 48.5 Å². The second-order valence-electron chi connectivity index (χ2n) is 11.9. The summed E-state index contributed by atoms with van der Waals surface area (Å²) in [6.07, 6.45) is -2.17. The van der Waals surface area contributed by atoms with Gasteiger partial charge in [0.25, 0.3) is 5.91 Å². The maximum Gasteiger partial charge on any atom is 0.405 e. The van der Waals surface area contributed by atoms with Gasteiger partial charge in [-0.15, -0.1) is 0 Å². The molecule has 5 N–H and O–H groups in total. The summed E-state index contributed by atoms with van der Waals surface area (Å²) in [5.41, 5.74) is 2.28. The van der Waals surface area contributed by atoms with Gasteiger partial charge in [0.2, 0.25) is 16.0 Å². The number of anilines is 2. The lowest BCUT2D eigenvalue weighted by atomic mass is 10.0. The van der Waals surface area contributed by atoms with E-state index >= 15 is 0 Å². The minimum atomic E-state index is -4.51. The molecule has 2 aromatic carbocycles. The lowest BCUT2D eigenvalue weighted by Gasteiger charge is -2.31. The number of amides is 1. The topological polar surface area (TPSA) is 155 Å². The number of fused-ring (bicyclic) bond motifs is 1. The molecule has 0 spiro atoms. The lowest BCUT2D eigenvalue weighted by Crippen LogP contribution is -2.50. The van der Waals surface area contributed by atoms with Crippen molar-refractivity contribution in [1.29, 1.82) is 0 Å². The van der Waals surface area contributed by atoms with Crippen LogP contribution in [0, 0.1) is 0 Å². The summed E-state index contributed by atoms with van der Waals surface area (Å²) in [5, 5.41) is 13.5. The van der Waals surface area contributed by atoms with E-state index in [-0.39, 0.29) is 34.6 Å². The Hall–Kier alpha value is -4.34. The van der Waals surface area contributed by atoms with Crippen molar-refractivity contribution in [3.8, 4) is 11.3 Å². The van der Waals surface area contributed by atoms with Gasteiger partial charge < -0.3 is 20.9 Å². The molecule has 0 atom stereocenters. The van der Waals surface area contributed by atoms with Gasteiger partial charge in [0.1, 0.15) is 12.1 Å². The Kier molecular flexibility index (Phi) is 9.47. The molecule has 4 aromatic rings. The van der Waals surface area contributed by atoms with Gasteiger partial charge in [0.05, 0.1) is 16.1 Å². The quantitative estimate of drug-likeness (QED) is 0.182. The molecule has 1 aliphatic heterocycles. The van der Waals surface area contributed by atoms with E-state index in [0.717, 1.165) is 19.6 Å². The van der Waals surface area contributed by atoms with Gasteiger partial charge in [-0.2, -0.15) is 18.2 Å². The number of hydrogen-bond acceptors (Lipinski definition) is 9. The molecule has 15 heteroatoms. The van der Waals surface area contributed by atoms with E-state index in [4.69, 9.17) is 5.14 Å². The highest BCUT2D eigenvalue weighted by Gasteiger charge is 2.28. The molecule has 11 nitrogen and oxygen atoms in total. The van der Waals surface area contributed by atoms with Crippen LogP contribution in [0.3, 0.4) is 0 Å². The first-order valence-electron chi connectivity index (χ1n) is 14.7. The molecule has 1 saturated heterocycles. The third kappa shape index (κ3) is 8.68. The van der Waals surface area contributed by atoms with Crippen molar-refractivity contribution in [2.24, 2.45) is 5.14 Å². The van der Waals surface area contributed by atoms with Gasteiger partial charge >= 0.3 is 6.18 Å². The number of primary sulfonamides is 1. The third-order valence-electron chi connectivity index (χ3n) is 7.41. The van der Waals surface area contributed by atoms with Crippen LogP contribution in [0.15, 0.2) is 65.6 Å². The van der Waals surface area contributed by atoms with Crippen LogP contribution in [0.1, 0.15) is 42.6 Å². The molecule has 244 valence electrons. The molecule has 1 amide bonds. The molecule has 0 unspecified atom stereocenters. The zero-order valence-corrected chi connectivity index (χ0v) is 26.2. The molecule has 2 aromatic heterocycles. The van der Waals surface area contributed by atoms with Gasteiger partial charge in [-0.1, -0.05) is 24.3 Å². The number of nitrogens with one attached hydrogen (secondary N) is 3. The summed E-state index contributed by atoms with van der Waals surface area (Å²) >= 11 is 0. The van der Waals surface area contributed by atoms with Crippen LogP contribution in [0.4, 0.5) is 24.9 Å².